The number of hydrogen-bond donors (Lipinski definition) is 3. The Balaban J connectivity index is 1.40. The molecular weight excluding hydrogens is 401 g/mol. The number of aromatic nitrogens is 3. The number of H-pyrrole nitrogens is 1. The van der Waals surface area contributed by atoms with Crippen LogP contribution in [0.1, 0.15) is 0 Å². The third-order valence-electron chi connectivity index (χ3n) is 5.35. The molecule has 9 heteroatoms. The molecule has 2 aromatic carbocycles. The minimum absolute atomic E-state index is 0.0162. The van der Waals surface area contributed by atoms with Crippen LogP contribution >= 0.6 is 0 Å². The average molecular weight is 423 g/mol. The number of aromatic amines is 1. The molecule has 0 saturated carbocycles. The maximum Gasteiger partial charge on any atom is 0.188 e. The van der Waals surface area contributed by atoms with Crippen LogP contribution in [-0.2, 0) is 0 Å². The summed E-state index contributed by atoms with van der Waals surface area (Å²) in [7, 11) is 0. The van der Waals surface area contributed by atoms with Gasteiger partial charge in [0.25, 0.3) is 0 Å². The molecule has 4 aromatic rings. The Bertz CT molecular complexity index is 1180. The maximum atomic E-state index is 14.4. The van der Waals surface area contributed by atoms with E-state index in [4.69, 9.17) is 14.4 Å². The SMILES string of the molecule is OCCOc1cc2[nH]nc(-c3cc(-c4ccc(N5CCNCC5)cc4)no3)c2cc1F. The van der Waals surface area contributed by atoms with Gasteiger partial charge in [-0.1, -0.05) is 17.3 Å². The first kappa shape index (κ1) is 19.5. The number of nitrogens with zero attached hydrogens (tertiary/aromatic N) is 3. The largest absolute Gasteiger partial charge is 0.488 e. The van der Waals surface area contributed by atoms with Gasteiger partial charge in [-0.3, -0.25) is 5.10 Å². The summed E-state index contributed by atoms with van der Waals surface area (Å²) in [5.74, 6) is -0.0396. The summed E-state index contributed by atoms with van der Waals surface area (Å²) >= 11 is 0. The zero-order chi connectivity index (χ0) is 21.2. The molecule has 2 aromatic heterocycles. The molecule has 1 saturated heterocycles. The zero-order valence-corrected chi connectivity index (χ0v) is 16.8. The quantitative estimate of drug-likeness (QED) is 0.439. The van der Waals surface area contributed by atoms with Crippen LogP contribution in [0.25, 0.3) is 33.6 Å². The van der Waals surface area contributed by atoms with Gasteiger partial charge < -0.3 is 24.6 Å². The summed E-state index contributed by atoms with van der Waals surface area (Å²) in [6, 6.07) is 12.9. The standard InChI is InChI=1S/C22H22FN5O3/c23-17-11-16-19(13-20(17)30-10-9-29)25-26-22(16)21-12-18(27-31-21)14-1-3-15(4-2-14)28-7-5-24-6-8-28/h1-4,11-13,24,29H,5-10H2,(H,25,26). The minimum Gasteiger partial charge on any atom is -0.488 e. The number of rotatable bonds is 6. The van der Waals surface area contributed by atoms with Gasteiger partial charge in [0, 0.05) is 54.9 Å². The van der Waals surface area contributed by atoms with Gasteiger partial charge in [-0.2, -0.15) is 5.10 Å². The van der Waals surface area contributed by atoms with Gasteiger partial charge in [0.1, 0.15) is 18.0 Å². The van der Waals surface area contributed by atoms with Crippen molar-refractivity contribution in [1.29, 1.82) is 0 Å². The van der Waals surface area contributed by atoms with E-state index in [9.17, 15) is 4.39 Å². The summed E-state index contributed by atoms with van der Waals surface area (Å²) in [6.07, 6.45) is 0. The zero-order valence-electron chi connectivity index (χ0n) is 16.8. The van der Waals surface area contributed by atoms with Crippen LogP contribution in [0.2, 0.25) is 0 Å². The lowest BCUT2D eigenvalue weighted by Gasteiger charge is -2.29. The number of fused-ring (bicyclic) bond motifs is 1. The molecule has 8 nitrogen and oxygen atoms in total. The summed E-state index contributed by atoms with van der Waals surface area (Å²) in [6.45, 7) is 3.78. The lowest BCUT2D eigenvalue weighted by molar-refractivity contribution is 0.196. The molecule has 1 aliphatic heterocycles. The van der Waals surface area contributed by atoms with Crippen molar-refractivity contribution in [3.63, 3.8) is 0 Å². The van der Waals surface area contributed by atoms with Gasteiger partial charge in [0.15, 0.2) is 17.3 Å². The van der Waals surface area contributed by atoms with E-state index in [1.807, 2.05) is 12.1 Å². The molecule has 0 spiro atoms. The third kappa shape index (κ3) is 3.85. The maximum absolute atomic E-state index is 14.4. The topological polar surface area (TPSA) is 99.4 Å². The number of ether oxygens (including phenoxy) is 1. The van der Waals surface area contributed by atoms with Gasteiger partial charge in [-0.15, -0.1) is 0 Å². The van der Waals surface area contributed by atoms with Crippen molar-refractivity contribution in [1.82, 2.24) is 20.7 Å². The summed E-state index contributed by atoms with van der Waals surface area (Å²) in [5.41, 5.74) is 3.87. The number of hydrogen-bond acceptors (Lipinski definition) is 7. The van der Waals surface area contributed by atoms with Crippen LogP contribution in [0.4, 0.5) is 10.1 Å². The normalized spacial score (nSPS) is 14.3. The van der Waals surface area contributed by atoms with Crippen molar-refractivity contribution in [3.8, 4) is 28.5 Å². The first-order valence-electron chi connectivity index (χ1n) is 10.2. The van der Waals surface area contributed by atoms with Gasteiger partial charge >= 0.3 is 0 Å². The van der Waals surface area contributed by atoms with E-state index in [1.54, 1.807) is 6.07 Å². The Labute approximate surface area is 177 Å². The van der Waals surface area contributed by atoms with Crippen LogP contribution in [0.3, 0.4) is 0 Å². The molecule has 0 radical (unpaired) electrons. The van der Waals surface area contributed by atoms with E-state index in [1.165, 1.54) is 17.8 Å². The van der Waals surface area contributed by atoms with Crippen molar-refractivity contribution < 1.29 is 18.8 Å². The van der Waals surface area contributed by atoms with E-state index in [0.29, 0.717) is 28.1 Å². The molecule has 0 amide bonds. The number of nitrogens with one attached hydrogen (secondary N) is 2. The second-order valence-electron chi connectivity index (χ2n) is 7.33. The number of anilines is 1. The summed E-state index contributed by atoms with van der Waals surface area (Å²) in [4.78, 5) is 2.34. The van der Waals surface area contributed by atoms with Crippen LogP contribution < -0.4 is 15.0 Å². The number of aliphatic hydroxyl groups is 1. The molecule has 31 heavy (non-hydrogen) atoms. The summed E-state index contributed by atoms with van der Waals surface area (Å²) < 4.78 is 25.1. The van der Waals surface area contributed by atoms with E-state index in [2.05, 4.69) is 37.7 Å². The molecular formula is C22H22FN5O3. The Hall–Kier alpha value is -3.43. The summed E-state index contributed by atoms with van der Waals surface area (Å²) in [5, 5.41) is 24.1. The first-order valence-corrected chi connectivity index (χ1v) is 10.2. The lowest BCUT2D eigenvalue weighted by Crippen LogP contribution is -2.43. The molecule has 1 aliphatic rings. The second-order valence-corrected chi connectivity index (χ2v) is 7.33. The highest BCUT2D eigenvalue weighted by atomic mass is 19.1. The van der Waals surface area contributed by atoms with E-state index in [-0.39, 0.29) is 19.0 Å². The molecule has 1 fully saturated rings. The highest BCUT2D eigenvalue weighted by Crippen LogP contribution is 2.33. The fourth-order valence-electron chi connectivity index (χ4n) is 3.76. The number of halogens is 1. The van der Waals surface area contributed by atoms with Gasteiger partial charge in [-0.05, 0) is 18.2 Å². The molecule has 3 heterocycles. The van der Waals surface area contributed by atoms with Crippen molar-refractivity contribution in [2.45, 2.75) is 0 Å². The molecule has 160 valence electrons. The molecule has 0 unspecified atom stereocenters. The van der Waals surface area contributed by atoms with Crippen LogP contribution in [0.15, 0.2) is 47.0 Å². The van der Waals surface area contributed by atoms with Crippen molar-refractivity contribution in [2.24, 2.45) is 0 Å². The monoisotopic (exact) mass is 423 g/mol. The van der Waals surface area contributed by atoms with E-state index in [0.717, 1.165) is 31.7 Å². The van der Waals surface area contributed by atoms with Crippen LogP contribution in [0, 0.1) is 5.82 Å². The van der Waals surface area contributed by atoms with Crippen molar-refractivity contribution >= 4 is 16.6 Å². The third-order valence-corrected chi connectivity index (χ3v) is 5.35. The van der Waals surface area contributed by atoms with Crippen molar-refractivity contribution in [2.75, 3.05) is 44.3 Å². The van der Waals surface area contributed by atoms with Gasteiger partial charge in [0.05, 0.1) is 12.1 Å². The van der Waals surface area contributed by atoms with Gasteiger partial charge in [0.2, 0.25) is 0 Å². The fourth-order valence-corrected chi connectivity index (χ4v) is 3.76. The Morgan fingerprint density at radius 1 is 1.13 bits per heavy atom. The number of piperazine rings is 1. The van der Waals surface area contributed by atoms with Crippen molar-refractivity contribution in [3.05, 3.63) is 48.3 Å². The number of benzene rings is 2. The highest BCUT2D eigenvalue weighted by Gasteiger charge is 2.18. The predicted molar refractivity (Wildman–Crippen MR) is 115 cm³/mol. The van der Waals surface area contributed by atoms with Crippen LogP contribution in [0.5, 0.6) is 5.75 Å². The Kier molecular flexibility index (Phi) is 5.27. The Morgan fingerprint density at radius 3 is 2.71 bits per heavy atom. The average Bonchev–Trinajstić information content (AvgIpc) is 3.45. The van der Waals surface area contributed by atoms with E-state index < -0.39 is 5.82 Å². The molecule has 5 rings (SSSR count). The number of aliphatic hydroxyl groups excluding tert-OH is 1. The second kappa shape index (κ2) is 8.37. The lowest BCUT2D eigenvalue weighted by atomic mass is 10.1. The predicted octanol–water partition coefficient (Wildman–Crippen LogP) is 2.80. The van der Waals surface area contributed by atoms with Gasteiger partial charge in [-0.25, -0.2) is 4.39 Å². The molecule has 0 atom stereocenters. The van der Waals surface area contributed by atoms with Crippen LogP contribution in [-0.4, -0.2) is 59.9 Å². The highest BCUT2D eigenvalue weighted by molar-refractivity contribution is 5.92. The molecule has 3 N–H and O–H groups in total. The smallest absolute Gasteiger partial charge is 0.188 e. The first-order chi connectivity index (χ1) is 15.2. The minimum atomic E-state index is -0.535. The molecule has 0 aliphatic carbocycles. The Morgan fingerprint density at radius 2 is 1.94 bits per heavy atom. The van der Waals surface area contributed by atoms with E-state index >= 15 is 0 Å². The molecule has 0 bridgehead atoms. The fraction of sp³-hybridized carbons (Fsp3) is 0.273.